The minimum atomic E-state index is 0.505. The largest absolute Gasteiger partial charge is 0.469 e. The van der Waals surface area contributed by atoms with Gasteiger partial charge < -0.3 is 9.73 Å². The van der Waals surface area contributed by atoms with E-state index in [4.69, 9.17) is 4.42 Å². The van der Waals surface area contributed by atoms with Crippen LogP contribution in [-0.2, 0) is 6.42 Å². The molecule has 1 aliphatic carbocycles. The topological polar surface area (TPSA) is 25.2 Å². The molecule has 1 aromatic rings. The molecule has 2 nitrogen and oxygen atoms in total. The van der Waals surface area contributed by atoms with E-state index in [1.807, 2.05) is 6.26 Å². The first-order valence-electron chi connectivity index (χ1n) is 6.01. The van der Waals surface area contributed by atoms with Gasteiger partial charge in [0.1, 0.15) is 5.76 Å². The molecule has 1 aliphatic rings. The monoisotopic (exact) mass is 207 g/mol. The lowest BCUT2D eigenvalue weighted by Gasteiger charge is -2.28. The summed E-state index contributed by atoms with van der Waals surface area (Å²) in [7, 11) is 0. The summed E-state index contributed by atoms with van der Waals surface area (Å²) in [6, 6.07) is 3.19. The Labute approximate surface area is 92.1 Å². The van der Waals surface area contributed by atoms with Crippen LogP contribution in [0.2, 0.25) is 0 Å². The molecule has 0 amide bonds. The van der Waals surface area contributed by atoms with Crippen LogP contribution >= 0.6 is 0 Å². The fraction of sp³-hybridized carbons (Fsp3) is 0.692. The zero-order chi connectivity index (χ0) is 10.8. The molecule has 2 rings (SSSR count). The fourth-order valence-electron chi connectivity index (χ4n) is 2.17. The molecule has 0 saturated carbocycles. The van der Waals surface area contributed by atoms with Gasteiger partial charge in [-0.1, -0.05) is 13.8 Å². The third-order valence-electron chi connectivity index (χ3n) is 3.52. The summed E-state index contributed by atoms with van der Waals surface area (Å²) in [5, 5.41) is 3.70. The lowest BCUT2D eigenvalue weighted by molar-refractivity contribution is 0.339. The zero-order valence-corrected chi connectivity index (χ0v) is 9.92. The Morgan fingerprint density at radius 3 is 2.93 bits per heavy atom. The maximum atomic E-state index is 5.49. The number of rotatable bonds is 3. The van der Waals surface area contributed by atoms with Gasteiger partial charge in [0.15, 0.2) is 0 Å². The molecule has 84 valence electrons. The predicted molar refractivity (Wildman–Crippen MR) is 61.8 cm³/mol. The molecule has 2 atom stereocenters. The van der Waals surface area contributed by atoms with E-state index in [2.05, 4.69) is 32.2 Å². The smallest absolute Gasteiger partial charge is 0.108 e. The SMILES string of the molecule is CC(C)[C@H](C)N[C@@H]1CCCc2occc21. The number of furan rings is 1. The van der Waals surface area contributed by atoms with Crippen LogP contribution in [0.4, 0.5) is 0 Å². The quantitative estimate of drug-likeness (QED) is 0.822. The molecular formula is C13H21NO. The number of hydrogen-bond acceptors (Lipinski definition) is 2. The van der Waals surface area contributed by atoms with Gasteiger partial charge in [-0.15, -0.1) is 0 Å². The molecule has 0 radical (unpaired) electrons. The van der Waals surface area contributed by atoms with Crippen molar-refractivity contribution in [1.29, 1.82) is 0 Å². The first kappa shape index (κ1) is 10.7. The van der Waals surface area contributed by atoms with Gasteiger partial charge in [0.05, 0.1) is 6.26 Å². The summed E-state index contributed by atoms with van der Waals surface area (Å²) in [4.78, 5) is 0. The second-order valence-corrected chi connectivity index (χ2v) is 4.94. The van der Waals surface area contributed by atoms with Crippen molar-refractivity contribution in [2.75, 3.05) is 0 Å². The minimum Gasteiger partial charge on any atom is -0.469 e. The summed E-state index contributed by atoms with van der Waals surface area (Å²) < 4.78 is 5.49. The van der Waals surface area contributed by atoms with Gasteiger partial charge in [0.25, 0.3) is 0 Å². The van der Waals surface area contributed by atoms with Gasteiger partial charge in [0, 0.05) is 24.1 Å². The summed E-state index contributed by atoms with van der Waals surface area (Å²) in [6.07, 6.45) is 5.41. The van der Waals surface area contributed by atoms with Crippen LogP contribution in [0.5, 0.6) is 0 Å². The van der Waals surface area contributed by atoms with Crippen molar-refractivity contribution >= 4 is 0 Å². The summed E-state index contributed by atoms with van der Waals surface area (Å²) in [5.74, 6) is 1.87. The van der Waals surface area contributed by atoms with Gasteiger partial charge >= 0.3 is 0 Å². The lowest BCUT2D eigenvalue weighted by Crippen LogP contribution is -2.35. The van der Waals surface area contributed by atoms with E-state index in [0.717, 1.165) is 6.42 Å². The lowest BCUT2D eigenvalue weighted by atomic mass is 9.92. The first-order valence-corrected chi connectivity index (χ1v) is 6.01. The molecule has 2 heteroatoms. The fourth-order valence-corrected chi connectivity index (χ4v) is 2.17. The Morgan fingerprint density at radius 1 is 1.40 bits per heavy atom. The minimum absolute atomic E-state index is 0.505. The van der Waals surface area contributed by atoms with Crippen molar-refractivity contribution in [1.82, 2.24) is 5.32 Å². The van der Waals surface area contributed by atoms with Gasteiger partial charge in [-0.05, 0) is 31.7 Å². The van der Waals surface area contributed by atoms with E-state index in [0.29, 0.717) is 18.0 Å². The molecule has 0 fully saturated rings. The second kappa shape index (κ2) is 4.40. The summed E-state index contributed by atoms with van der Waals surface area (Å²) >= 11 is 0. The van der Waals surface area contributed by atoms with Crippen molar-refractivity contribution in [3.63, 3.8) is 0 Å². The number of fused-ring (bicyclic) bond motifs is 1. The van der Waals surface area contributed by atoms with E-state index in [1.165, 1.54) is 24.2 Å². The molecule has 0 aromatic carbocycles. The highest BCUT2D eigenvalue weighted by molar-refractivity contribution is 5.24. The van der Waals surface area contributed by atoms with E-state index in [1.54, 1.807) is 0 Å². The van der Waals surface area contributed by atoms with Crippen molar-refractivity contribution < 1.29 is 4.42 Å². The average Bonchev–Trinajstić information content (AvgIpc) is 2.66. The van der Waals surface area contributed by atoms with Crippen LogP contribution in [-0.4, -0.2) is 6.04 Å². The van der Waals surface area contributed by atoms with E-state index in [9.17, 15) is 0 Å². The zero-order valence-electron chi connectivity index (χ0n) is 9.92. The molecule has 0 saturated heterocycles. The Hall–Kier alpha value is -0.760. The highest BCUT2D eigenvalue weighted by Crippen LogP contribution is 2.31. The van der Waals surface area contributed by atoms with Crippen molar-refractivity contribution in [3.05, 3.63) is 23.7 Å². The van der Waals surface area contributed by atoms with Gasteiger partial charge in [-0.2, -0.15) is 0 Å². The molecule has 0 unspecified atom stereocenters. The Morgan fingerprint density at radius 2 is 2.20 bits per heavy atom. The van der Waals surface area contributed by atoms with Crippen molar-refractivity contribution in [2.45, 2.75) is 52.1 Å². The van der Waals surface area contributed by atoms with Gasteiger partial charge in [-0.3, -0.25) is 0 Å². The van der Waals surface area contributed by atoms with Gasteiger partial charge in [0.2, 0.25) is 0 Å². The van der Waals surface area contributed by atoms with Crippen molar-refractivity contribution in [2.24, 2.45) is 5.92 Å². The summed E-state index contributed by atoms with van der Waals surface area (Å²) in [6.45, 7) is 6.78. The average molecular weight is 207 g/mol. The number of hydrogen-bond donors (Lipinski definition) is 1. The molecule has 1 aromatic heterocycles. The van der Waals surface area contributed by atoms with Crippen LogP contribution in [0.25, 0.3) is 0 Å². The van der Waals surface area contributed by atoms with E-state index < -0.39 is 0 Å². The molecule has 1 heterocycles. The first-order chi connectivity index (χ1) is 7.18. The van der Waals surface area contributed by atoms with Crippen LogP contribution in [0.1, 0.15) is 51.0 Å². The van der Waals surface area contributed by atoms with Crippen LogP contribution < -0.4 is 5.32 Å². The maximum Gasteiger partial charge on any atom is 0.108 e. The molecule has 1 N–H and O–H groups in total. The Bertz CT molecular complexity index is 316. The van der Waals surface area contributed by atoms with Crippen LogP contribution in [0.3, 0.4) is 0 Å². The van der Waals surface area contributed by atoms with Gasteiger partial charge in [-0.25, -0.2) is 0 Å². The predicted octanol–water partition coefficient (Wildman–Crippen LogP) is 3.29. The van der Waals surface area contributed by atoms with Crippen LogP contribution in [0.15, 0.2) is 16.7 Å². The molecule has 0 spiro atoms. The molecular weight excluding hydrogens is 186 g/mol. The number of nitrogens with one attached hydrogen (secondary N) is 1. The maximum absolute atomic E-state index is 5.49. The highest BCUT2D eigenvalue weighted by Gasteiger charge is 2.24. The standard InChI is InChI=1S/C13H21NO/c1-9(2)10(3)14-12-5-4-6-13-11(12)7-8-15-13/h7-10,12,14H,4-6H2,1-3H3/t10-,12+/m0/s1. The second-order valence-electron chi connectivity index (χ2n) is 4.94. The highest BCUT2D eigenvalue weighted by atomic mass is 16.3. The third-order valence-corrected chi connectivity index (χ3v) is 3.52. The number of aryl methyl sites for hydroxylation is 1. The Balaban J connectivity index is 2.06. The summed E-state index contributed by atoms with van der Waals surface area (Å²) in [5.41, 5.74) is 1.38. The molecule has 0 bridgehead atoms. The third kappa shape index (κ3) is 2.25. The normalized spacial score (nSPS) is 22.8. The Kier molecular flexibility index (Phi) is 3.15. The van der Waals surface area contributed by atoms with Crippen molar-refractivity contribution in [3.8, 4) is 0 Å². The molecule has 15 heavy (non-hydrogen) atoms. The van der Waals surface area contributed by atoms with E-state index in [-0.39, 0.29) is 0 Å². The van der Waals surface area contributed by atoms with Crippen LogP contribution in [0, 0.1) is 5.92 Å². The molecule has 0 aliphatic heterocycles. The van der Waals surface area contributed by atoms with E-state index >= 15 is 0 Å².